The van der Waals surface area contributed by atoms with Gasteiger partial charge in [-0.05, 0) is 66.5 Å². The summed E-state index contributed by atoms with van der Waals surface area (Å²) >= 11 is 0. The highest BCUT2D eigenvalue weighted by Gasteiger charge is 2.60. The monoisotopic (exact) mass is 380 g/mol. The van der Waals surface area contributed by atoms with E-state index in [2.05, 4.69) is 6.92 Å². The third-order valence-electron chi connectivity index (χ3n) is 7.12. The third-order valence-corrected chi connectivity index (χ3v) is 7.12. The van der Waals surface area contributed by atoms with Gasteiger partial charge in [0.25, 0.3) is 0 Å². The van der Waals surface area contributed by atoms with Crippen molar-refractivity contribution in [2.24, 2.45) is 5.92 Å². The lowest BCUT2D eigenvalue weighted by Crippen LogP contribution is -2.61. The molecule has 0 saturated heterocycles. The lowest BCUT2D eigenvalue weighted by Gasteiger charge is -2.58. The molecule has 2 aliphatic carbocycles. The Morgan fingerprint density at radius 1 is 1.07 bits per heavy atom. The van der Waals surface area contributed by atoms with Crippen LogP contribution in [0.2, 0.25) is 0 Å². The summed E-state index contributed by atoms with van der Waals surface area (Å²) in [7, 11) is 0. The average molecular weight is 380 g/mol. The van der Waals surface area contributed by atoms with Gasteiger partial charge in [-0.3, -0.25) is 0 Å². The van der Waals surface area contributed by atoms with Crippen LogP contribution in [-0.4, -0.2) is 32.6 Å². The van der Waals surface area contributed by atoms with Gasteiger partial charge in [-0.15, -0.1) is 0 Å². The normalized spacial score (nSPS) is 34.3. The number of allylic oxidation sites excluding steroid dienone is 1. The van der Waals surface area contributed by atoms with E-state index in [0.29, 0.717) is 18.4 Å². The SMILES string of the molecule is CCC12CC(C)(O)C(O)(c3ccccc3)C[C@@H]1C=C(CO)c1cc(O)ccc12. The van der Waals surface area contributed by atoms with Gasteiger partial charge in [-0.2, -0.15) is 0 Å². The van der Waals surface area contributed by atoms with Crippen molar-refractivity contribution in [1.29, 1.82) is 0 Å². The number of aliphatic hydroxyl groups is 3. The molecule has 0 aromatic heterocycles. The van der Waals surface area contributed by atoms with E-state index < -0.39 is 11.2 Å². The number of fused-ring (bicyclic) bond motifs is 3. The molecule has 4 atom stereocenters. The molecule has 0 aliphatic heterocycles. The molecular weight excluding hydrogens is 352 g/mol. The molecule has 0 bridgehead atoms. The zero-order valence-electron chi connectivity index (χ0n) is 16.4. The summed E-state index contributed by atoms with van der Waals surface area (Å²) in [6, 6.07) is 14.6. The second kappa shape index (κ2) is 6.45. The van der Waals surface area contributed by atoms with Crippen LogP contribution in [0.15, 0.2) is 54.6 Å². The molecule has 4 heteroatoms. The van der Waals surface area contributed by atoms with E-state index in [1.165, 1.54) is 0 Å². The fourth-order valence-corrected chi connectivity index (χ4v) is 5.56. The first-order chi connectivity index (χ1) is 13.3. The Labute approximate surface area is 165 Å². The van der Waals surface area contributed by atoms with Gasteiger partial charge in [0.1, 0.15) is 11.4 Å². The Kier molecular flexibility index (Phi) is 4.42. The van der Waals surface area contributed by atoms with Crippen molar-refractivity contribution in [3.63, 3.8) is 0 Å². The van der Waals surface area contributed by atoms with Gasteiger partial charge in [-0.1, -0.05) is 49.4 Å². The fourth-order valence-electron chi connectivity index (χ4n) is 5.56. The average Bonchev–Trinajstić information content (AvgIpc) is 2.69. The van der Waals surface area contributed by atoms with Crippen molar-refractivity contribution in [2.45, 2.75) is 49.7 Å². The number of aromatic hydroxyl groups is 1. The maximum absolute atomic E-state index is 11.7. The van der Waals surface area contributed by atoms with Gasteiger partial charge >= 0.3 is 0 Å². The van der Waals surface area contributed by atoms with Crippen molar-refractivity contribution < 1.29 is 20.4 Å². The molecule has 4 N–H and O–H groups in total. The minimum atomic E-state index is -1.39. The van der Waals surface area contributed by atoms with Crippen LogP contribution in [0.1, 0.15) is 49.8 Å². The van der Waals surface area contributed by atoms with Crippen LogP contribution in [0.5, 0.6) is 5.75 Å². The minimum absolute atomic E-state index is 0.0397. The molecule has 4 rings (SSSR count). The molecule has 1 fully saturated rings. The smallest absolute Gasteiger partial charge is 0.119 e. The number of benzene rings is 2. The first kappa shape index (κ1) is 19.2. The molecule has 3 unspecified atom stereocenters. The highest BCUT2D eigenvalue weighted by molar-refractivity contribution is 5.74. The minimum Gasteiger partial charge on any atom is -0.508 e. The van der Waals surface area contributed by atoms with E-state index >= 15 is 0 Å². The zero-order valence-corrected chi connectivity index (χ0v) is 16.4. The summed E-state index contributed by atoms with van der Waals surface area (Å²) in [5, 5.41) is 43.2. The van der Waals surface area contributed by atoms with Crippen molar-refractivity contribution >= 4 is 5.57 Å². The van der Waals surface area contributed by atoms with Crippen LogP contribution < -0.4 is 0 Å². The second-order valence-corrected chi connectivity index (χ2v) is 8.58. The summed E-state index contributed by atoms with van der Waals surface area (Å²) in [4.78, 5) is 0. The number of hydrogen-bond acceptors (Lipinski definition) is 4. The van der Waals surface area contributed by atoms with Crippen LogP contribution in [0, 0.1) is 5.92 Å². The number of phenols is 1. The number of hydrogen-bond donors (Lipinski definition) is 4. The first-order valence-corrected chi connectivity index (χ1v) is 9.93. The summed E-state index contributed by atoms with van der Waals surface area (Å²) in [6.45, 7) is 3.69. The third kappa shape index (κ3) is 2.55. The van der Waals surface area contributed by atoms with E-state index in [1.54, 1.807) is 19.1 Å². The molecule has 0 spiro atoms. The van der Waals surface area contributed by atoms with Crippen LogP contribution in [0.4, 0.5) is 0 Å². The first-order valence-electron chi connectivity index (χ1n) is 9.93. The Balaban J connectivity index is 1.91. The Bertz CT molecular complexity index is 917. The molecule has 0 radical (unpaired) electrons. The second-order valence-electron chi connectivity index (χ2n) is 8.58. The molecule has 2 aromatic carbocycles. The lowest BCUT2D eigenvalue weighted by molar-refractivity contribution is -0.198. The van der Waals surface area contributed by atoms with Crippen molar-refractivity contribution in [2.75, 3.05) is 6.61 Å². The summed E-state index contributed by atoms with van der Waals surface area (Å²) in [6.07, 6.45) is 3.57. The van der Waals surface area contributed by atoms with E-state index in [0.717, 1.165) is 23.1 Å². The molecule has 28 heavy (non-hydrogen) atoms. The topological polar surface area (TPSA) is 80.9 Å². The molecule has 2 aromatic rings. The number of phenolic OH excluding ortho intramolecular Hbond substituents is 1. The van der Waals surface area contributed by atoms with Gasteiger partial charge in [-0.25, -0.2) is 0 Å². The van der Waals surface area contributed by atoms with Gasteiger partial charge in [0.15, 0.2) is 0 Å². The van der Waals surface area contributed by atoms with Crippen LogP contribution >= 0.6 is 0 Å². The van der Waals surface area contributed by atoms with Gasteiger partial charge in [0.2, 0.25) is 0 Å². The molecule has 2 aliphatic rings. The van der Waals surface area contributed by atoms with E-state index in [4.69, 9.17) is 0 Å². The van der Waals surface area contributed by atoms with Gasteiger partial charge in [0.05, 0.1) is 12.2 Å². The molecule has 0 heterocycles. The van der Waals surface area contributed by atoms with E-state index in [1.807, 2.05) is 42.5 Å². The van der Waals surface area contributed by atoms with Crippen molar-refractivity contribution in [1.82, 2.24) is 0 Å². The Morgan fingerprint density at radius 3 is 2.43 bits per heavy atom. The predicted octanol–water partition coefficient (Wildman–Crippen LogP) is 3.48. The maximum atomic E-state index is 11.7. The standard InChI is InChI=1S/C24H28O4/c1-3-23-15-22(2,27)24(28,17-7-5-4-6-8-17)13-18(23)11-16(14-25)20-12-19(26)9-10-21(20)23/h4-12,18,25-28H,3,13-15H2,1-2H3/t18-,22?,23?,24?/m0/s1. The van der Waals surface area contributed by atoms with Crippen molar-refractivity contribution in [3.05, 3.63) is 71.3 Å². The predicted molar refractivity (Wildman–Crippen MR) is 109 cm³/mol. The van der Waals surface area contributed by atoms with E-state index in [9.17, 15) is 20.4 Å². The van der Waals surface area contributed by atoms with Gasteiger partial charge < -0.3 is 20.4 Å². The molecule has 0 amide bonds. The maximum Gasteiger partial charge on any atom is 0.119 e. The van der Waals surface area contributed by atoms with Crippen LogP contribution in [0.3, 0.4) is 0 Å². The summed E-state index contributed by atoms with van der Waals surface area (Å²) in [5.74, 6) is 0.119. The molecule has 148 valence electrons. The summed E-state index contributed by atoms with van der Waals surface area (Å²) in [5.41, 5.74) is 0.244. The lowest BCUT2D eigenvalue weighted by atomic mass is 9.49. The fraction of sp³-hybridized carbons (Fsp3) is 0.417. The van der Waals surface area contributed by atoms with E-state index in [-0.39, 0.29) is 23.7 Å². The molecule has 1 saturated carbocycles. The number of aliphatic hydroxyl groups excluding tert-OH is 1. The quantitative estimate of drug-likeness (QED) is 0.657. The zero-order chi connectivity index (χ0) is 20.2. The van der Waals surface area contributed by atoms with Crippen molar-refractivity contribution in [3.8, 4) is 5.75 Å². The Morgan fingerprint density at radius 2 is 1.79 bits per heavy atom. The summed E-state index contributed by atoms with van der Waals surface area (Å²) < 4.78 is 0. The number of rotatable bonds is 3. The Hall–Kier alpha value is -2.14. The van der Waals surface area contributed by atoms with Gasteiger partial charge in [0, 0.05) is 5.41 Å². The molecular formula is C24H28O4. The van der Waals surface area contributed by atoms with Crippen LogP contribution in [0.25, 0.3) is 5.57 Å². The van der Waals surface area contributed by atoms with Crippen LogP contribution in [-0.2, 0) is 11.0 Å². The highest BCUT2D eigenvalue weighted by Crippen LogP contribution is 2.60. The highest BCUT2D eigenvalue weighted by atomic mass is 16.4. The molecule has 4 nitrogen and oxygen atoms in total. The largest absolute Gasteiger partial charge is 0.508 e.